The van der Waals surface area contributed by atoms with Crippen LogP contribution in [-0.2, 0) is 10.1 Å². The number of benzene rings is 4. The maximum Gasteiger partial charge on any atom is 0.339 e. The predicted molar refractivity (Wildman–Crippen MR) is 133 cm³/mol. The summed E-state index contributed by atoms with van der Waals surface area (Å²) in [4.78, 5) is 22.5. The van der Waals surface area contributed by atoms with Crippen molar-refractivity contribution in [2.24, 2.45) is 5.10 Å². The maximum absolute atomic E-state index is 12.6. The quantitative estimate of drug-likeness (QED) is 0.163. The van der Waals surface area contributed by atoms with Gasteiger partial charge in [0, 0.05) is 17.7 Å². The average molecular weight is 506 g/mol. The summed E-state index contributed by atoms with van der Waals surface area (Å²) >= 11 is 0. The topological polar surface area (TPSA) is 137 Å². The Morgan fingerprint density at radius 1 is 0.972 bits per heavy atom. The predicted octanol–water partition coefficient (Wildman–Crippen LogP) is 4.29. The summed E-state index contributed by atoms with van der Waals surface area (Å²) in [5.74, 6) is -0.373. The molecule has 0 aliphatic heterocycles. The molecule has 0 radical (unpaired) electrons. The van der Waals surface area contributed by atoms with E-state index >= 15 is 0 Å². The van der Waals surface area contributed by atoms with Gasteiger partial charge in [0.2, 0.25) is 0 Å². The monoisotopic (exact) mass is 505 g/mol. The first-order valence-corrected chi connectivity index (χ1v) is 11.9. The molecule has 0 saturated carbocycles. The van der Waals surface area contributed by atoms with E-state index in [1.165, 1.54) is 31.5 Å². The Morgan fingerprint density at radius 3 is 2.42 bits per heavy atom. The number of nitrogens with one attached hydrogen (secondary N) is 1. The third-order valence-corrected chi connectivity index (χ3v) is 6.39. The van der Waals surface area contributed by atoms with E-state index in [1.807, 2.05) is 30.3 Å². The summed E-state index contributed by atoms with van der Waals surface area (Å²) in [5, 5.41) is 16.5. The third kappa shape index (κ3) is 5.31. The van der Waals surface area contributed by atoms with Crippen LogP contribution in [0.2, 0.25) is 0 Å². The van der Waals surface area contributed by atoms with Gasteiger partial charge in [-0.3, -0.25) is 14.9 Å². The summed E-state index contributed by atoms with van der Waals surface area (Å²) in [6, 6.07) is 21.6. The normalized spacial score (nSPS) is 11.4. The number of nitro groups is 1. The Hall–Kier alpha value is -4.77. The number of nitro benzene ring substituents is 1. The van der Waals surface area contributed by atoms with E-state index in [1.54, 1.807) is 12.1 Å². The lowest BCUT2D eigenvalue weighted by molar-refractivity contribution is -0.384. The van der Waals surface area contributed by atoms with Crippen LogP contribution in [0.15, 0.2) is 94.9 Å². The van der Waals surface area contributed by atoms with Crippen LogP contribution in [0.25, 0.3) is 10.8 Å². The minimum Gasteiger partial charge on any atom is -0.493 e. The van der Waals surface area contributed by atoms with Crippen molar-refractivity contribution in [1.82, 2.24) is 5.43 Å². The van der Waals surface area contributed by atoms with Crippen LogP contribution in [0.4, 0.5) is 5.69 Å². The Morgan fingerprint density at radius 2 is 1.69 bits per heavy atom. The van der Waals surface area contributed by atoms with Crippen molar-refractivity contribution in [2.75, 3.05) is 7.11 Å². The van der Waals surface area contributed by atoms with Crippen molar-refractivity contribution >= 4 is 38.7 Å². The molecule has 0 fully saturated rings. The van der Waals surface area contributed by atoms with Crippen molar-refractivity contribution in [2.45, 2.75) is 4.90 Å². The van der Waals surface area contributed by atoms with Gasteiger partial charge < -0.3 is 8.92 Å². The summed E-state index contributed by atoms with van der Waals surface area (Å²) in [5.41, 5.74) is 3.21. The van der Waals surface area contributed by atoms with Gasteiger partial charge in [0.25, 0.3) is 11.6 Å². The smallest absolute Gasteiger partial charge is 0.339 e. The number of hydrazone groups is 1. The lowest BCUT2D eigenvalue weighted by Crippen LogP contribution is -2.17. The molecule has 10 nitrogen and oxygen atoms in total. The molecule has 11 heteroatoms. The lowest BCUT2D eigenvalue weighted by Gasteiger charge is -2.11. The number of methoxy groups -OCH3 is 1. The van der Waals surface area contributed by atoms with E-state index in [0.29, 0.717) is 11.1 Å². The van der Waals surface area contributed by atoms with Crippen LogP contribution in [0.3, 0.4) is 0 Å². The molecule has 182 valence electrons. The molecular weight excluding hydrogens is 486 g/mol. The first-order valence-electron chi connectivity index (χ1n) is 10.5. The fourth-order valence-electron chi connectivity index (χ4n) is 3.38. The van der Waals surface area contributed by atoms with Gasteiger partial charge in [-0.05, 0) is 52.7 Å². The van der Waals surface area contributed by atoms with Crippen molar-refractivity contribution in [3.05, 3.63) is 106 Å². The molecule has 0 unspecified atom stereocenters. The van der Waals surface area contributed by atoms with Gasteiger partial charge in [-0.25, -0.2) is 5.43 Å². The molecule has 0 atom stereocenters. The second kappa shape index (κ2) is 10.2. The number of amides is 1. The van der Waals surface area contributed by atoms with Crippen LogP contribution in [0.1, 0.15) is 15.9 Å². The summed E-state index contributed by atoms with van der Waals surface area (Å²) < 4.78 is 35.6. The van der Waals surface area contributed by atoms with Crippen molar-refractivity contribution < 1.29 is 27.1 Å². The number of nitrogens with zero attached hydrogens (tertiary/aromatic N) is 2. The highest BCUT2D eigenvalue weighted by Crippen LogP contribution is 2.31. The lowest BCUT2D eigenvalue weighted by atomic mass is 10.0. The van der Waals surface area contributed by atoms with E-state index in [4.69, 9.17) is 8.92 Å². The number of fused-ring (bicyclic) bond motifs is 1. The molecular formula is C25H19N3O7S. The number of carbonyl (C=O) groups excluding carboxylic acids is 1. The van der Waals surface area contributed by atoms with Crippen molar-refractivity contribution in [1.29, 1.82) is 0 Å². The van der Waals surface area contributed by atoms with Gasteiger partial charge in [0.05, 0.1) is 18.2 Å². The van der Waals surface area contributed by atoms with Gasteiger partial charge in [-0.15, -0.1) is 0 Å². The van der Waals surface area contributed by atoms with Gasteiger partial charge in [0.15, 0.2) is 11.5 Å². The molecule has 4 rings (SSSR count). The molecule has 0 aromatic heterocycles. The van der Waals surface area contributed by atoms with E-state index in [0.717, 1.165) is 35.0 Å². The number of rotatable bonds is 8. The molecule has 0 spiro atoms. The van der Waals surface area contributed by atoms with Crippen molar-refractivity contribution in [3.63, 3.8) is 0 Å². The molecule has 0 aliphatic carbocycles. The first kappa shape index (κ1) is 24.4. The van der Waals surface area contributed by atoms with E-state index < -0.39 is 15.0 Å². The summed E-state index contributed by atoms with van der Waals surface area (Å²) in [6.07, 6.45) is 1.38. The zero-order chi connectivity index (χ0) is 25.7. The SMILES string of the molecule is COc1cc(/C=N\NC(=O)c2cccc3ccccc23)ccc1OS(=O)(=O)c1ccc([N+](=O)[O-])cc1. The van der Waals surface area contributed by atoms with Gasteiger partial charge in [-0.2, -0.15) is 13.5 Å². The Bertz CT molecular complexity index is 1580. The highest BCUT2D eigenvalue weighted by molar-refractivity contribution is 7.87. The number of ether oxygens (including phenoxy) is 1. The Labute approximate surface area is 206 Å². The first-order chi connectivity index (χ1) is 17.3. The fourth-order valence-corrected chi connectivity index (χ4v) is 4.32. The van der Waals surface area contributed by atoms with Gasteiger partial charge in [-0.1, -0.05) is 36.4 Å². The highest BCUT2D eigenvalue weighted by atomic mass is 32.2. The van der Waals surface area contributed by atoms with Gasteiger partial charge in [0.1, 0.15) is 4.90 Å². The molecule has 0 saturated heterocycles. The zero-order valence-electron chi connectivity index (χ0n) is 18.8. The van der Waals surface area contributed by atoms with Crippen molar-refractivity contribution in [3.8, 4) is 11.5 Å². The second-order valence-corrected chi connectivity index (χ2v) is 8.97. The molecule has 4 aromatic carbocycles. The maximum atomic E-state index is 12.6. The minimum absolute atomic E-state index is 0.0900. The zero-order valence-corrected chi connectivity index (χ0v) is 19.6. The van der Waals surface area contributed by atoms with Crippen LogP contribution in [0, 0.1) is 10.1 Å². The largest absolute Gasteiger partial charge is 0.493 e. The standard InChI is InChI=1S/C25H19N3O7S/c1-34-24-15-17(16-26-27-25(29)22-8-4-6-18-5-2-3-7-21(18)22)9-14-23(24)35-36(32,33)20-12-10-19(11-13-20)28(30)31/h2-16H,1H3,(H,27,29)/b26-16-. The molecule has 36 heavy (non-hydrogen) atoms. The third-order valence-electron chi connectivity index (χ3n) is 5.14. The van der Waals surface area contributed by atoms with E-state index in [9.17, 15) is 23.3 Å². The number of carbonyl (C=O) groups is 1. The second-order valence-electron chi connectivity index (χ2n) is 7.42. The minimum atomic E-state index is -4.27. The van der Waals surface area contributed by atoms with E-state index in [2.05, 4.69) is 10.5 Å². The number of non-ortho nitro benzene ring substituents is 1. The molecule has 0 heterocycles. The Balaban J connectivity index is 1.48. The number of hydrogen-bond acceptors (Lipinski definition) is 8. The summed E-state index contributed by atoms with van der Waals surface area (Å²) in [6.45, 7) is 0. The van der Waals surface area contributed by atoms with Gasteiger partial charge >= 0.3 is 10.1 Å². The van der Waals surface area contributed by atoms with Crippen LogP contribution >= 0.6 is 0 Å². The number of hydrogen-bond donors (Lipinski definition) is 1. The molecule has 1 amide bonds. The molecule has 4 aromatic rings. The van der Waals surface area contributed by atoms with E-state index in [-0.39, 0.29) is 28.0 Å². The average Bonchev–Trinajstić information content (AvgIpc) is 2.89. The fraction of sp³-hybridized carbons (Fsp3) is 0.0400. The van der Waals surface area contributed by atoms with Crippen LogP contribution < -0.4 is 14.3 Å². The Kier molecular flexibility index (Phi) is 6.93. The molecule has 0 aliphatic rings. The molecule has 1 N–H and O–H groups in total. The highest BCUT2D eigenvalue weighted by Gasteiger charge is 2.20. The van der Waals surface area contributed by atoms with Crippen LogP contribution in [-0.4, -0.2) is 32.6 Å². The summed E-state index contributed by atoms with van der Waals surface area (Å²) in [7, 11) is -2.93. The van der Waals surface area contributed by atoms with Crippen LogP contribution in [0.5, 0.6) is 11.5 Å². The molecule has 0 bridgehead atoms.